The molecule has 0 bridgehead atoms. The maximum absolute atomic E-state index is 12.6. The van der Waals surface area contributed by atoms with Crippen molar-refractivity contribution in [3.8, 4) is 0 Å². The summed E-state index contributed by atoms with van der Waals surface area (Å²) in [6, 6.07) is 0. The number of alkyl halides is 2. The van der Waals surface area contributed by atoms with Crippen LogP contribution in [0.2, 0.25) is 0 Å². The maximum Gasteiger partial charge on any atom is 0.257 e. The Hall–Kier alpha value is -0.220. The summed E-state index contributed by atoms with van der Waals surface area (Å²) in [4.78, 5) is 1.85. The van der Waals surface area contributed by atoms with Crippen molar-refractivity contribution in [2.45, 2.75) is 19.3 Å². The van der Waals surface area contributed by atoms with E-state index in [4.69, 9.17) is 0 Å². The quantitative estimate of drug-likeness (QED) is 0.719. The molecule has 1 unspecified atom stereocenters. The lowest BCUT2D eigenvalue weighted by Gasteiger charge is -2.20. The van der Waals surface area contributed by atoms with Crippen LogP contribution >= 0.6 is 0 Å². The fourth-order valence-electron chi connectivity index (χ4n) is 1.90. The highest BCUT2D eigenvalue weighted by molar-refractivity contribution is 4.79. The van der Waals surface area contributed by atoms with E-state index in [9.17, 15) is 8.78 Å². The fraction of sp³-hybridized carbons (Fsp3) is 1.00. The molecule has 13 heavy (non-hydrogen) atoms. The number of hydrogen-bond donors (Lipinski definition) is 1. The summed E-state index contributed by atoms with van der Waals surface area (Å²) in [5.74, 6) is -2.00. The standard InChI is InChI=1S/C9H18F2N2/c1-9(10,11)7-13-4-3-8(6-13)5-12-2/h8,12H,3-7H2,1-2H3. The SMILES string of the molecule is CNCC1CCN(CC(C)(F)F)C1. The molecule has 1 heterocycles. The van der Waals surface area contributed by atoms with E-state index in [-0.39, 0.29) is 6.54 Å². The molecule has 1 aliphatic rings. The van der Waals surface area contributed by atoms with Gasteiger partial charge in [-0.1, -0.05) is 0 Å². The highest BCUT2D eigenvalue weighted by Crippen LogP contribution is 2.20. The number of nitrogens with zero attached hydrogens (tertiary/aromatic N) is 1. The van der Waals surface area contributed by atoms with Gasteiger partial charge in [0.1, 0.15) is 0 Å². The summed E-state index contributed by atoms with van der Waals surface area (Å²) < 4.78 is 25.3. The third-order valence-electron chi connectivity index (χ3n) is 2.36. The van der Waals surface area contributed by atoms with Gasteiger partial charge in [0, 0.05) is 13.5 Å². The third-order valence-corrected chi connectivity index (χ3v) is 2.36. The van der Waals surface area contributed by atoms with Gasteiger partial charge in [-0.05, 0) is 32.5 Å². The first-order valence-electron chi connectivity index (χ1n) is 4.76. The molecule has 1 N–H and O–H groups in total. The van der Waals surface area contributed by atoms with Gasteiger partial charge < -0.3 is 5.32 Å². The number of hydrogen-bond acceptors (Lipinski definition) is 2. The molecule has 0 aliphatic carbocycles. The highest BCUT2D eigenvalue weighted by Gasteiger charge is 2.29. The summed E-state index contributed by atoms with van der Waals surface area (Å²) >= 11 is 0. The Kier molecular flexibility index (Phi) is 3.62. The normalized spacial score (nSPS) is 25.4. The second-order valence-corrected chi connectivity index (χ2v) is 4.02. The topological polar surface area (TPSA) is 15.3 Å². The van der Waals surface area contributed by atoms with Crippen LogP contribution < -0.4 is 5.32 Å². The largest absolute Gasteiger partial charge is 0.319 e. The minimum Gasteiger partial charge on any atom is -0.319 e. The van der Waals surface area contributed by atoms with Crippen LogP contribution in [-0.2, 0) is 0 Å². The highest BCUT2D eigenvalue weighted by atomic mass is 19.3. The molecular formula is C9H18F2N2. The summed E-state index contributed by atoms with van der Waals surface area (Å²) in [7, 11) is 1.90. The predicted molar refractivity (Wildman–Crippen MR) is 49.1 cm³/mol. The van der Waals surface area contributed by atoms with E-state index >= 15 is 0 Å². The molecule has 0 radical (unpaired) electrons. The van der Waals surface area contributed by atoms with Crippen molar-refractivity contribution in [2.24, 2.45) is 5.92 Å². The van der Waals surface area contributed by atoms with Crippen molar-refractivity contribution >= 4 is 0 Å². The molecule has 1 fully saturated rings. The van der Waals surface area contributed by atoms with Gasteiger partial charge in [-0.2, -0.15) is 0 Å². The minimum atomic E-state index is -2.55. The third kappa shape index (κ3) is 4.00. The lowest BCUT2D eigenvalue weighted by atomic mass is 10.1. The van der Waals surface area contributed by atoms with Crippen molar-refractivity contribution in [1.29, 1.82) is 0 Å². The van der Waals surface area contributed by atoms with Crippen molar-refractivity contribution in [2.75, 3.05) is 33.2 Å². The van der Waals surface area contributed by atoms with E-state index in [1.54, 1.807) is 0 Å². The van der Waals surface area contributed by atoms with Crippen molar-refractivity contribution in [1.82, 2.24) is 10.2 Å². The molecular weight excluding hydrogens is 174 g/mol. The Bertz CT molecular complexity index is 156. The van der Waals surface area contributed by atoms with Gasteiger partial charge >= 0.3 is 0 Å². The van der Waals surface area contributed by atoms with Gasteiger partial charge in [0.25, 0.3) is 5.92 Å². The van der Waals surface area contributed by atoms with Crippen LogP contribution in [0, 0.1) is 5.92 Å². The zero-order valence-electron chi connectivity index (χ0n) is 8.32. The second-order valence-electron chi connectivity index (χ2n) is 4.02. The second kappa shape index (κ2) is 4.33. The monoisotopic (exact) mass is 192 g/mol. The summed E-state index contributed by atoms with van der Waals surface area (Å²) in [5.41, 5.74) is 0. The molecule has 4 heteroatoms. The Labute approximate surface area is 78.3 Å². The van der Waals surface area contributed by atoms with Crippen LogP contribution in [-0.4, -0.2) is 44.0 Å². The first kappa shape index (κ1) is 10.9. The van der Waals surface area contributed by atoms with E-state index in [2.05, 4.69) is 5.32 Å². The average molecular weight is 192 g/mol. The molecule has 1 atom stereocenters. The fourth-order valence-corrected chi connectivity index (χ4v) is 1.90. The molecule has 0 aromatic carbocycles. The minimum absolute atomic E-state index is 0.0901. The Morgan fingerprint density at radius 2 is 2.23 bits per heavy atom. The van der Waals surface area contributed by atoms with Crippen molar-refractivity contribution < 1.29 is 8.78 Å². The van der Waals surface area contributed by atoms with Gasteiger partial charge in [-0.15, -0.1) is 0 Å². The van der Waals surface area contributed by atoms with Crippen LogP contribution in [0.5, 0.6) is 0 Å². The molecule has 0 aromatic rings. The Morgan fingerprint density at radius 3 is 2.77 bits per heavy atom. The molecule has 1 saturated heterocycles. The van der Waals surface area contributed by atoms with Crippen LogP contribution in [0.3, 0.4) is 0 Å². The van der Waals surface area contributed by atoms with Crippen LogP contribution in [0.4, 0.5) is 8.78 Å². The smallest absolute Gasteiger partial charge is 0.257 e. The van der Waals surface area contributed by atoms with Crippen molar-refractivity contribution in [3.63, 3.8) is 0 Å². The van der Waals surface area contributed by atoms with Gasteiger partial charge in [0.2, 0.25) is 0 Å². The van der Waals surface area contributed by atoms with Crippen LogP contribution in [0.25, 0.3) is 0 Å². The lowest BCUT2D eigenvalue weighted by Crippen LogP contribution is -2.34. The lowest BCUT2D eigenvalue weighted by molar-refractivity contribution is -0.00935. The molecule has 0 spiro atoms. The Balaban J connectivity index is 2.25. The van der Waals surface area contributed by atoms with Crippen LogP contribution in [0.1, 0.15) is 13.3 Å². The van der Waals surface area contributed by atoms with Gasteiger partial charge in [0.15, 0.2) is 0 Å². The van der Waals surface area contributed by atoms with Crippen molar-refractivity contribution in [3.05, 3.63) is 0 Å². The van der Waals surface area contributed by atoms with Gasteiger partial charge in [-0.25, -0.2) is 8.78 Å². The van der Waals surface area contributed by atoms with E-state index < -0.39 is 5.92 Å². The number of halogens is 2. The van der Waals surface area contributed by atoms with Crippen LogP contribution in [0.15, 0.2) is 0 Å². The first-order chi connectivity index (χ1) is 6.01. The summed E-state index contributed by atoms with van der Waals surface area (Å²) in [6.07, 6.45) is 1.04. The van der Waals surface area contributed by atoms with Gasteiger partial charge in [-0.3, -0.25) is 4.90 Å². The first-order valence-corrected chi connectivity index (χ1v) is 4.76. The molecule has 1 aliphatic heterocycles. The molecule has 0 aromatic heterocycles. The van der Waals surface area contributed by atoms with E-state index in [1.807, 2.05) is 11.9 Å². The molecule has 0 amide bonds. The number of rotatable bonds is 4. The summed E-state index contributed by atoms with van der Waals surface area (Å²) in [5, 5.41) is 3.08. The Morgan fingerprint density at radius 1 is 1.54 bits per heavy atom. The molecule has 0 saturated carbocycles. The number of likely N-dealkylation sites (tertiary alicyclic amines) is 1. The van der Waals surface area contributed by atoms with Gasteiger partial charge in [0.05, 0.1) is 6.54 Å². The average Bonchev–Trinajstić information content (AvgIpc) is 2.33. The molecule has 1 rings (SSSR count). The van der Waals surface area contributed by atoms with E-state index in [0.717, 1.165) is 33.0 Å². The maximum atomic E-state index is 12.6. The summed E-state index contributed by atoms with van der Waals surface area (Å²) in [6.45, 7) is 3.46. The zero-order valence-corrected chi connectivity index (χ0v) is 8.32. The predicted octanol–water partition coefficient (Wildman–Crippen LogP) is 1.18. The molecule has 78 valence electrons. The van der Waals surface area contributed by atoms with E-state index in [1.165, 1.54) is 0 Å². The molecule has 2 nitrogen and oxygen atoms in total. The number of nitrogens with one attached hydrogen (secondary N) is 1. The zero-order chi connectivity index (χ0) is 9.90. The van der Waals surface area contributed by atoms with E-state index in [0.29, 0.717) is 5.92 Å².